The third-order valence-corrected chi connectivity index (χ3v) is 6.83. The molecule has 1 fully saturated rings. The SMILES string of the molecule is Cc1nc2c3ccccc3nn2c(C)c1CCC(=O)Nc1cccc(CN2CCN(C)CC2)c1. The Balaban J connectivity index is 1.25. The highest BCUT2D eigenvalue weighted by Crippen LogP contribution is 2.23. The zero-order chi connectivity index (χ0) is 23.7. The van der Waals surface area contributed by atoms with Gasteiger partial charge < -0.3 is 10.2 Å². The molecule has 0 aliphatic carbocycles. The molecule has 0 atom stereocenters. The average Bonchev–Trinajstić information content (AvgIpc) is 3.19. The van der Waals surface area contributed by atoms with Crippen molar-refractivity contribution >= 4 is 28.1 Å². The maximum atomic E-state index is 12.8. The Labute approximate surface area is 200 Å². The van der Waals surface area contributed by atoms with Gasteiger partial charge >= 0.3 is 0 Å². The Bertz CT molecular complexity index is 1340. The van der Waals surface area contributed by atoms with Crippen LogP contribution in [0.15, 0.2) is 48.5 Å². The van der Waals surface area contributed by atoms with Gasteiger partial charge in [-0.2, -0.15) is 5.10 Å². The van der Waals surface area contributed by atoms with E-state index in [1.165, 1.54) is 5.56 Å². The quantitative estimate of drug-likeness (QED) is 0.478. The lowest BCUT2D eigenvalue weighted by Gasteiger charge is -2.32. The first kappa shape index (κ1) is 22.5. The van der Waals surface area contributed by atoms with Crippen LogP contribution in [0.5, 0.6) is 0 Å². The van der Waals surface area contributed by atoms with E-state index in [9.17, 15) is 4.79 Å². The Hall–Kier alpha value is -3.29. The first-order chi connectivity index (χ1) is 16.5. The minimum absolute atomic E-state index is 0.0151. The van der Waals surface area contributed by atoms with Crippen LogP contribution in [0, 0.1) is 13.8 Å². The molecule has 5 rings (SSSR count). The smallest absolute Gasteiger partial charge is 0.224 e. The van der Waals surface area contributed by atoms with Crippen molar-refractivity contribution in [3.05, 3.63) is 71.0 Å². The summed E-state index contributed by atoms with van der Waals surface area (Å²) in [6.45, 7) is 9.35. The molecule has 0 bridgehead atoms. The second kappa shape index (κ2) is 9.52. The fraction of sp³-hybridized carbons (Fsp3) is 0.370. The van der Waals surface area contributed by atoms with Crippen LogP contribution in [-0.2, 0) is 17.8 Å². The van der Waals surface area contributed by atoms with Crippen molar-refractivity contribution in [3.63, 3.8) is 0 Å². The highest BCUT2D eigenvalue weighted by atomic mass is 16.1. The number of benzene rings is 2. The number of piperazine rings is 1. The third-order valence-electron chi connectivity index (χ3n) is 6.83. The number of amides is 1. The number of aromatic nitrogens is 3. The van der Waals surface area contributed by atoms with Gasteiger partial charge in [0.15, 0.2) is 5.65 Å². The van der Waals surface area contributed by atoms with Gasteiger partial charge in [0.05, 0.1) is 5.52 Å². The molecule has 1 amide bonds. The fourth-order valence-corrected chi connectivity index (χ4v) is 4.81. The minimum Gasteiger partial charge on any atom is -0.326 e. The molecule has 7 nitrogen and oxygen atoms in total. The van der Waals surface area contributed by atoms with E-state index in [0.29, 0.717) is 12.8 Å². The van der Waals surface area contributed by atoms with Crippen molar-refractivity contribution < 1.29 is 4.79 Å². The molecule has 4 aromatic rings. The standard InChI is InChI=1S/C27H32N6O/c1-19-23(20(2)33-27(28-19)24-9-4-5-10-25(24)30-33)11-12-26(34)29-22-8-6-7-21(17-22)18-32-15-13-31(3)14-16-32/h4-10,17H,11-16,18H2,1-3H3,(H,29,34). The van der Waals surface area contributed by atoms with Crippen molar-refractivity contribution in [2.75, 3.05) is 38.5 Å². The molecule has 176 valence electrons. The van der Waals surface area contributed by atoms with E-state index in [0.717, 1.165) is 71.9 Å². The molecule has 0 unspecified atom stereocenters. The third kappa shape index (κ3) is 4.67. The first-order valence-corrected chi connectivity index (χ1v) is 12.0. The fourth-order valence-electron chi connectivity index (χ4n) is 4.81. The van der Waals surface area contributed by atoms with Crippen LogP contribution >= 0.6 is 0 Å². The molecule has 2 aromatic heterocycles. The molecule has 34 heavy (non-hydrogen) atoms. The molecule has 0 saturated carbocycles. The van der Waals surface area contributed by atoms with Gasteiger partial charge in [-0.3, -0.25) is 9.69 Å². The predicted octanol–water partition coefficient (Wildman–Crippen LogP) is 3.82. The Kier molecular flexibility index (Phi) is 6.30. The zero-order valence-electron chi connectivity index (χ0n) is 20.2. The number of carbonyl (C=O) groups is 1. The summed E-state index contributed by atoms with van der Waals surface area (Å²) in [7, 11) is 2.17. The zero-order valence-corrected chi connectivity index (χ0v) is 20.2. The maximum absolute atomic E-state index is 12.8. The molecule has 0 radical (unpaired) electrons. The first-order valence-electron chi connectivity index (χ1n) is 12.0. The summed E-state index contributed by atoms with van der Waals surface area (Å²) in [5.41, 5.74) is 6.98. The number of nitrogens with zero attached hydrogens (tertiary/aromatic N) is 5. The molecule has 2 aromatic carbocycles. The van der Waals surface area contributed by atoms with Crippen LogP contribution in [0.1, 0.15) is 28.9 Å². The van der Waals surface area contributed by atoms with Gasteiger partial charge in [-0.1, -0.05) is 24.3 Å². The summed E-state index contributed by atoms with van der Waals surface area (Å²) in [4.78, 5) is 22.4. The summed E-state index contributed by atoms with van der Waals surface area (Å²) in [6, 6.07) is 16.3. The van der Waals surface area contributed by atoms with Gasteiger partial charge in [-0.25, -0.2) is 9.50 Å². The van der Waals surface area contributed by atoms with E-state index in [1.54, 1.807) is 0 Å². The number of aryl methyl sites for hydroxylation is 2. The van der Waals surface area contributed by atoms with Crippen molar-refractivity contribution in [3.8, 4) is 0 Å². The second-order valence-electron chi connectivity index (χ2n) is 9.34. The number of carbonyl (C=O) groups excluding carboxylic acids is 1. The van der Waals surface area contributed by atoms with Crippen molar-refractivity contribution in [2.24, 2.45) is 0 Å². The molecule has 1 aliphatic rings. The van der Waals surface area contributed by atoms with Crippen LogP contribution in [0.3, 0.4) is 0 Å². The molecule has 1 aliphatic heterocycles. The van der Waals surface area contributed by atoms with Crippen molar-refractivity contribution in [2.45, 2.75) is 33.2 Å². The minimum atomic E-state index is 0.0151. The summed E-state index contributed by atoms with van der Waals surface area (Å²) in [5, 5.41) is 8.86. The molecular weight excluding hydrogens is 424 g/mol. The highest BCUT2D eigenvalue weighted by Gasteiger charge is 2.16. The van der Waals surface area contributed by atoms with E-state index < -0.39 is 0 Å². The lowest BCUT2D eigenvalue weighted by Crippen LogP contribution is -2.43. The summed E-state index contributed by atoms with van der Waals surface area (Å²) in [5.74, 6) is 0.0151. The van der Waals surface area contributed by atoms with Crippen molar-refractivity contribution in [1.82, 2.24) is 24.4 Å². The molecule has 7 heteroatoms. The Morgan fingerprint density at radius 1 is 1.03 bits per heavy atom. The number of nitrogens with one attached hydrogen (secondary N) is 1. The average molecular weight is 457 g/mol. The number of hydrogen-bond donors (Lipinski definition) is 1. The summed E-state index contributed by atoms with van der Waals surface area (Å²) in [6.07, 6.45) is 1.03. The largest absolute Gasteiger partial charge is 0.326 e. The lowest BCUT2D eigenvalue weighted by atomic mass is 10.1. The lowest BCUT2D eigenvalue weighted by molar-refractivity contribution is -0.116. The normalized spacial score (nSPS) is 15.3. The van der Waals surface area contributed by atoms with Gasteiger partial charge in [0.1, 0.15) is 0 Å². The molecule has 0 spiro atoms. The van der Waals surface area contributed by atoms with E-state index >= 15 is 0 Å². The van der Waals surface area contributed by atoms with Crippen molar-refractivity contribution in [1.29, 1.82) is 0 Å². The van der Waals surface area contributed by atoms with E-state index in [2.05, 4.69) is 47.3 Å². The number of likely N-dealkylation sites (N-methyl/N-ethyl adjacent to an activating group) is 1. The van der Waals surface area contributed by atoms with Crippen LogP contribution in [0.4, 0.5) is 5.69 Å². The van der Waals surface area contributed by atoms with Gasteiger partial charge in [0, 0.05) is 61.6 Å². The number of rotatable bonds is 6. The molecule has 3 heterocycles. The Morgan fingerprint density at radius 3 is 2.65 bits per heavy atom. The number of hydrogen-bond acceptors (Lipinski definition) is 5. The van der Waals surface area contributed by atoms with E-state index in [-0.39, 0.29) is 5.91 Å². The summed E-state index contributed by atoms with van der Waals surface area (Å²) >= 11 is 0. The topological polar surface area (TPSA) is 65.8 Å². The van der Waals surface area contributed by atoms with Gasteiger partial charge in [-0.15, -0.1) is 0 Å². The van der Waals surface area contributed by atoms with Gasteiger partial charge in [0.25, 0.3) is 0 Å². The van der Waals surface area contributed by atoms with E-state index in [1.807, 2.05) is 41.8 Å². The van der Waals surface area contributed by atoms with Crippen LogP contribution in [0.25, 0.3) is 16.6 Å². The highest BCUT2D eigenvalue weighted by molar-refractivity contribution is 5.92. The summed E-state index contributed by atoms with van der Waals surface area (Å²) < 4.78 is 1.91. The molecule has 1 N–H and O–H groups in total. The predicted molar refractivity (Wildman–Crippen MR) is 136 cm³/mol. The van der Waals surface area contributed by atoms with Crippen LogP contribution < -0.4 is 5.32 Å². The van der Waals surface area contributed by atoms with E-state index in [4.69, 9.17) is 10.1 Å². The second-order valence-corrected chi connectivity index (χ2v) is 9.34. The molecule has 1 saturated heterocycles. The Morgan fingerprint density at radius 2 is 1.82 bits per heavy atom. The van der Waals surface area contributed by atoms with Gasteiger partial charge in [-0.05, 0) is 62.7 Å². The monoisotopic (exact) mass is 456 g/mol. The van der Waals surface area contributed by atoms with Crippen LogP contribution in [0.2, 0.25) is 0 Å². The maximum Gasteiger partial charge on any atom is 0.224 e. The van der Waals surface area contributed by atoms with Gasteiger partial charge in [0.2, 0.25) is 5.91 Å². The van der Waals surface area contributed by atoms with Crippen LogP contribution in [-0.4, -0.2) is 63.5 Å². The number of anilines is 1. The molecular formula is C27H32N6O. The number of fused-ring (bicyclic) bond motifs is 3.